The third kappa shape index (κ3) is 1.48. The molecule has 3 heteroatoms. The zero-order valence-corrected chi connectivity index (χ0v) is 7.97. The largest absolute Gasteiger partial charge is 0.469 e. The number of furan rings is 1. The Bertz CT molecular complexity index is 409. The summed E-state index contributed by atoms with van der Waals surface area (Å²) in [4.78, 5) is 4.25. The van der Waals surface area contributed by atoms with Gasteiger partial charge in [0.1, 0.15) is 5.76 Å². The van der Waals surface area contributed by atoms with Crippen LogP contribution >= 0.6 is 0 Å². The van der Waals surface area contributed by atoms with Crippen LogP contribution in [-0.2, 0) is 0 Å². The van der Waals surface area contributed by atoms with Crippen LogP contribution in [0.5, 0.6) is 0 Å². The van der Waals surface area contributed by atoms with Crippen molar-refractivity contribution in [1.29, 1.82) is 0 Å². The number of nitrogens with zero attached hydrogens (tertiary/aromatic N) is 1. The lowest BCUT2D eigenvalue weighted by Gasteiger charge is -2.09. The van der Waals surface area contributed by atoms with Gasteiger partial charge in [0, 0.05) is 6.20 Å². The minimum absolute atomic E-state index is 0.103. The molecule has 2 aromatic heterocycles. The van der Waals surface area contributed by atoms with Crippen molar-refractivity contribution in [3.63, 3.8) is 0 Å². The fourth-order valence-electron chi connectivity index (χ4n) is 1.46. The van der Waals surface area contributed by atoms with Crippen LogP contribution in [0.1, 0.15) is 24.3 Å². The summed E-state index contributed by atoms with van der Waals surface area (Å²) in [6.45, 7) is 2.03. The highest BCUT2D eigenvalue weighted by molar-refractivity contribution is 5.45. The van der Waals surface area contributed by atoms with Gasteiger partial charge in [0.15, 0.2) is 0 Å². The third-order valence-corrected chi connectivity index (χ3v) is 2.25. The fraction of sp³-hybridized carbons (Fsp3) is 0.182. The van der Waals surface area contributed by atoms with E-state index in [9.17, 15) is 0 Å². The Morgan fingerprint density at radius 1 is 1.36 bits per heavy atom. The van der Waals surface area contributed by atoms with Crippen molar-refractivity contribution in [1.82, 2.24) is 4.98 Å². The topological polar surface area (TPSA) is 52.0 Å². The maximum absolute atomic E-state index is 5.82. The van der Waals surface area contributed by atoms with Crippen molar-refractivity contribution in [3.05, 3.63) is 48.2 Å². The van der Waals surface area contributed by atoms with Crippen molar-refractivity contribution in [3.8, 4) is 0 Å². The molecule has 72 valence electrons. The summed E-state index contributed by atoms with van der Waals surface area (Å²) < 4.78 is 5.31. The first-order valence-electron chi connectivity index (χ1n) is 4.53. The smallest absolute Gasteiger partial charge is 0.112 e. The number of pyridine rings is 1. The molecule has 1 atom stereocenters. The van der Waals surface area contributed by atoms with Gasteiger partial charge < -0.3 is 10.2 Å². The summed E-state index contributed by atoms with van der Waals surface area (Å²) in [6.07, 6.45) is 3.40. The van der Waals surface area contributed by atoms with Crippen LogP contribution in [0.15, 0.2) is 41.1 Å². The van der Waals surface area contributed by atoms with E-state index in [-0.39, 0.29) is 5.92 Å². The number of hydrogen-bond donors (Lipinski definition) is 1. The first-order valence-corrected chi connectivity index (χ1v) is 4.53. The first kappa shape index (κ1) is 8.81. The molecule has 1 unspecified atom stereocenters. The number of nitrogen functional groups attached to an aromatic ring is 1. The van der Waals surface area contributed by atoms with Gasteiger partial charge in [0.25, 0.3) is 0 Å². The van der Waals surface area contributed by atoms with Crippen molar-refractivity contribution in [2.24, 2.45) is 0 Å². The van der Waals surface area contributed by atoms with Crippen molar-refractivity contribution in [2.45, 2.75) is 12.8 Å². The van der Waals surface area contributed by atoms with Crippen LogP contribution in [0.25, 0.3) is 0 Å². The normalized spacial score (nSPS) is 12.6. The molecule has 2 aromatic rings. The Hall–Kier alpha value is -1.77. The molecular weight excluding hydrogens is 176 g/mol. The highest BCUT2D eigenvalue weighted by Gasteiger charge is 2.14. The zero-order valence-electron chi connectivity index (χ0n) is 7.97. The summed E-state index contributed by atoms with van der Waals surface area (Å²) in [5.74, 6) is 0.988. The van der Waals surface area contributed by atoms with Crippen LogP contribution in [0.3, 0.4) is 0 Å². The lowest BCUT2D eigenvalue weighted by molar-refractivity contribution is 0.493. The van der Waals surface area contributed by atoms with Crippen molar-refractivity contribution in [2.75, 3.05) is 5.73 Å². The number of anilines is 1. The van der Waals surface area contributed by atoms with E-state index in [4.69, 9.17) is 10.2 Å². The summed E-state index contributed by atoms with van der Waals surface area (Å²) in [5.41, 5.74) is 7.39. The quantitative estimate of drug-likeness (QED) is 0.787. The van der Waals surface area contributed by atoms with Gasteiger partial charge in [0.2, 0.25) is 0 Å². The van der Waals surface area contributed by atoms with Crippen LogP contribution in [0.4, 0.5) is 5.69 Å². The van der Waals surface area contributed by atoms with E-state index in [1.165, 1.54) is 0 Å². The number of nitrogens with two attached hydrogens (primary N) is 1. The van der Waals surface area contributed by atoms with Crippen molar-refractivity contribution < 1.29 is 4.42 Å². The van der Waals surface area contributed by atoms with E-state index in [1.54, 1.807) is 12.5 Å². The second kappa shape index (κ2) is 3.54. The molecule has 0 amide bonds. The summed E-state index contributed by atoms with van der Waals surface area (Å²) in [7, 11) is 0. The Kier molecular flexibility index (Phi) is 2.23. The van der Waals surface area contributed by atoms with Crippen LogP contribution in [-0.4, -0.2) is 4.98 Å². The van der Waals surface area contributed by atoms with Gasteiger partial charge in [-0.25, -0.2) is 0 Å². The maximum atomic E-state index is 5.82. The molecule has 3 nitrogen and oxygen atoms in total. The molecule has 0 saturated carbocycles. The summed E-state index contributed by atoms with van der Waals surface area (Å²) >= 11 is 0. The lowest BCUT2D eigenvalue weighted by atomic mass is 10.0. The maximum Gasteiger partial charge on any atom is 0.112 e. The van der Waals surface area contributed by atoms with E-state index in [1.807, 2.05) is 31.2 Å². The lowest BCUT2D eigenvalue weighted by Crippen LogP contribution is -2.02. The standard InChI is InChI=1S/C11H12N2O/c1-8(10-5-3-7-14-10)11-9(12)4-2-6-13-11/h2-8H,12H2,1H3. The highest BCUT2D eigenvalue weighted by atomic mass is 16.3. The number of aromatic nitrogens is 1. The molecule has 0 bridgehead atoms. The van der Waals surface area contributed by atoms with Crippen molar-refractivity contribution >= 4 is 5.69 Å². The average molecular weight is 188 g/mol. The summed E-state index contributed by atoms with van der Waals surface area (Å²) in [6, 6.07) is 7.47. The molecular formula is C11H12N2O. The van der Waals surface area contributed by atoms with Gasteiger partial charge in [-0.2, -0.15) is 0 Å². The molecule has 0 aromatic carbocycles. The second-order valence-corrected chi connectivity index (χ2v) is 3.21. The molecule has 2 rings (SSSR count). The van der Waals surface area contributed by atoms with Gasteiger partial charge in [-0.15, -0.1) is 0 Å². The molecule has 2 heterocycles. The van der Waals surface area contributed by atoms with Crippen LogP contribution in [0.2, 0.25) is 0 Å². The molecule has 14 heavy (non-hydrogen) atoms. The van der Waals surface area contributed by atoms with Gasteiger partial charge in [-0.3, -0.25) is 4.98 Å². The van der Waals surface area contributed by atoms with E-state index in [2.05, 4.69) is 4.98 Å². The van der Waals surface area contributed by atoms with E-state index in [0.717, 1.165) is 11.5 Å². The number of hydrogen-bond acceptors (Lipinski definition) is 3. The molecule has 0 aliphatic heterocycles. The minimum Gasteiger partial charge on any atom is -0.469 e. The Balaban J connectivity index is 2.37. The van der Waals surface area contributed by atoms with Gasteiger partial charge >= 0.3 is 0 Å². The fourth-order valence-corrected chi connectivity index (χ4v) is 1.46. The predicted molar refractivity (Wildman–Crippen MR) is 54.9 cm³/mol. The first-order chi connectivity index (χ1) is 6.79. The monoisotopic (exact) mass is 188 g/mol. The second-order valence-electron chi connectivity index (χ2n) is 3.21. The van der Waals surface area contributed by atoms with E-state index < -0.39 is 0 Å². The van der Waals surface area contributed by atoms with Gasteiger partial charge in [-0.05, 0) is 31.2 Å². The summed E-state index contributed by atoms with van der Waals surface area (Å²) in [5, 5.41) is 0. The third-order valence-electron chi connectivity index (χ3n) is 2.25. The molecule has 0 aliphatic rings. The van der Waals surface area contributed by atoms with E-state index >= 15 is 0 Å². The highest BCUT2D eigenvalue weighted by Crippen LogP contribution is 2.26. The van der Waals surface area contributed by atoms with E-state index in [0.29, 0.717) is 5.69 Å². The molecule has 0 radical (unpaired) electrons. The van der Waals surface area contributed by atoms with Crippen LogP contribution < -0.4 is 5.73 Å². The van der Waals surface area contributed by atoms with Crippen LogP contribution in [0, 0.1) is 0 Å². The molecule has 0 spiro atoms. The van der Waals surface area contributed by atoms with Gasteiger partial charge in [-0.1, -0.05) is 0 Å². The molecule has 0 fully saturated rings. The molecule has 0 aliphatic carbocycles. The Morgan fingerprint density at radius 3 is 2.86 bits per heavy atom. The molecule has 0 saturated heterocycles. The number of rotatable bonds is 2. The minimum atomic E-state index is 0.103. The predicted octanol–water partition coefficient (Wildman–Crippen LogP) is 2.41. The Morgan fingerprint density at radius 2 is 2.21 bits per heavy atom. The zero-order chi connectivity index (χ0) is 9.97. The Labute approximate surface area is 82.6 Å². The van der Waals surface area contributed by atoms with Gasteiger partial charge in [0.05, 0.1) is 23.6 Å². The average Bonchev–Trinajstić information content (AvgIpc) is 2.70. The SMILES string of the molecule is CC(c1ccco1)c1ncccc1N. The molecule has 2 N–H and O–H groups in total.